The van der Waals surface area contributed by atoms with E-state index in [0.29, 0.717) is 0 Å². The zero-order valence-electron chi connectivity index (χ0n) is 21.7. The van der Waals surface area contributed by atoms with Gasteiger partial charge < -0.3 is 20.3 Å². The van der Waals surface area contributed by atoms with E-state index in [4.69, 9.17) is 4.74 Å². The van der Waals surface area contributed by atoms with Gasteiger partial charge in [-0.05, 0) is 61.1 Å². The van der Waals surface area contributed by atoms with E-state index >= 15 is 0 Å². The Kier molecular flexibility index (Phi) is 9.91. The van der Waals surface area contributed by atoms with Crippen molar-refractivity contribution in [3.05, 3.63) is 90.3 Å². The van der Waals surface area contributed by atoms with E-state index in [1.807, 2.05) is 30.3 Å². The number of aromatic hydroxyl groups is 1. The Morgan fingerprint density at radius 3 is 2.38 bits per heavy atom. The summed E-state index contributed by atoms with van der Waals surface area (Å²) in [5.74, 6) is 0.155. The second-order valence-corrected chi connectivity index (χ2v) is 11.8. The van der Waals surface area contributed by atoms with Crippen LogP contribution in [0.4, 0.5) is 4.79 Å². The molecule has 0 bridgehead atoms. The summed E-state index contributed by atoms with van der Waals surface area (Å²) in [6.07, 6.45) is 5.49. The van der Waals surface area contributed by atoms with Crippen LogP contribution < -0.4 is 5.32 Å². The molecule has 1 heterocycles. The Morgan fingerprint density at radius 1 is 1.03 bits per heavy atom. The third-order valence-corrected chi connectivity index (χ3v) is 8.81. The number of aromatic nitrogens is 1. The molecule has 208 valence electrons. The molecule has 1 amide bonds. The van der Waals surface area contributed by atoms with Crippen LogP contribution in [0.5, 0.6) is 5.75 Å². The van der Waals surface area contributed by atoms with Crippen LogP contribution in [0, 0.1) is 5.92 Å². The van der Waals surface area contributed by atoms with Gasteiger partial charge in [0.25, 0.3) is 0 Å². The second-order valence-electron chi connectivity index (χ2n) is 9.91. The van der Waals surface area contributed by atoms with Crippen LogP contribution in [-0.2, 0) is 27.8 Å². The molecule has 39 heavy (non-hydrogen) atoms. The zero-order valence-corrected chi connectivity index (χ0v) is 22.5. The molecule has 2 aromatic carbocycles. The molecule has 4 rings (SSSR count). The van der Waals surface area contributed by atoms with Crippen LogP contribution >= 0.6 is 0 Å². The summed E-state index contributed by atoms with van der Waals surface area (Å²) < 4.78 is 33.9. The van der Waals surface area contributed by atoms with Gasteiger partial charge in [0.1, 0.15) is 12.4 Å². The van der Waals surface area contributed by atoms with Crippen molar-refractivity contribution in [3.63, 3.8) is 0 Å². The number of aliphatic hydroxyl groups excluding tert-OH is 1. The van der Waals surface area contributed by atoms with Gasteiger partial charge in [-0.1, -0.05) is 49.2 Å². The Bertz CT molecular complexity index is 1280. The molecule has 1 fully saturated rings. The number of pyridine rings is 1. The maximum absolute atomic E-state index is 13.6. The molecule has 0 saturated heterocycles. The summed E-state index contributed by atoms with van der Waals surface area (Å²) in [4.78, 5) is 16.8. The molecule has 0 unspecified atom stereocenters. The number of ether oxygens (including phenoxy) is 1. The number of carbonyl (C=O) groups excluding carboxylic acids is 1. The summed E-state index contributed by atoms with van der Waals surface area (Å²) in [7, 11) is -3.97. The largest absolute Gasteiger partial charge is 0.508 e. The summed E-state index contributed by atoms with van der Waals surface area (Å²) in [6, 6.07) is 17.4. The second kappa shape index (κ2) is 13.5. The van der Waals surface area contributed by atoms with Crippen molar-refractivity contribution in [1.29, 1.82) is 0 Å². The SMILES string of the molecule is O=C(N[C@@H](Cc1ccccc1)[C@H](O)CN(CC1CCCC1)S(=O)(=O)c1ccc(O)cc1)OCc1cccnc1. The van der Waals surface area contributed by atoms with Gasteiger partial charge in [-0.25, -0.2) is 13.2 Å². The Hall–Kier alpha value is -3.47. The first-order valence-corrected chi connectivity index (χ1v) is 14.6. The minimum absolute atomic E-state index is 0.0108. The van der Waals surface area contributed by atoms with Crippen molar-refractivity contribution >= 4 is 16.1 Å². The molecule has 1 aliphatic rings. The number of aliphatic hydroxyl groups is 1. The molecule has 1 saturated carbocycles. The van der Waals surface area contributed by atoms with Crippen molar-refractivity contribution < 1.29 is 28.2 Å². The predicted octanol–water partition coefficient (Wildman–Crippen LogP) is 3.87. The van der Waals surface area contributed by atoms with Gasteiger partial charge in [-0.2, -0.15) is 4.31 Å². The van der Waals surface area contributed by atoms with Gasteiger partial charge in [0.15, 0.2) is 0 Å². The summed E-state index contributed by atoms with van der Waals surface area (Å²) in [5.41, 5.74) is 1.59. The molecule has 2 atom stereocenters. The van der Waals surface area contributed by atoms with E-state index in [1.54, 1.807) is 24.5 Å². The number of phenols is 1. The van der Waals surface area contributed by atoms with E-state index < -0.39 is 28.3 Å². The number of benzene rings is 2. The fraction of sp³-hybridized carbons (Fsp3) is 0.379. The lowest BCUT2D eigenvalue weighted by Gasteiger charge is -2.31. The monoisotopic (exact) mass is 553 g/mol. The minimum atomic E-state index is -3.97. The molecule has 10 heteroatoms. The summed E-state index contributed by atoms with van der Waals surface area (Å²) >= 11 is 0. The van der Waals surface area contributed by atoms with Crippen molar-refractivity contribution in [2.75, 3.05) is 13.1 Å². The highest BCUT2D eigenvalue weighted by Gasteiger charge is 2.33. The predicted molar refractivity (Wildman–Crippen MR) is 146 cm³/mol. The number of amides is 1. The zero-order chi connectivity index (χ0) is 27.7. The number of hydrogen-bond donors (Lipinski definition) is 3. The highest BCUT2D eigenvalue weighted by Crippen LogP contribution is 2.28. The fourth-order valence-electron chi connectivity index (χ4n) is 4.83. The van der Waals surface area contributed by atoms with Crippen LogP contribution in [-0.4, -0.2) is 59.2 Å². The van der Waals surface area contributed by atoms with Crippen LogP contribution in [0.2, 0.25) is 0 Å². The molecule has 3 N–H and O–H groups in total. The topological polar surface area (TPSA) is 129 Å². The molecule has 0 spiro atoms. The quantitative estimate of drug-likeness (QED) is 0.311. The highest BCUT2D eigenvalue weighted by molar-refractivity contribution is 7.89. The highest BCUT2D eigenvalue weighted by atomic mass is 32.2. The lowest BCUT2D eigenvalue weighted by atomic mass is 10.0. The normalized spacial score (nSPS) is 15.6. The van der Waals surface area contributed by atoms with E-state index in [2.05, 4.69) is 10.3 Å². The molecule has 1 aliphatic carbocycles. The Morgan fingerprint density at radius 2 is 1.72 bits per heavy atom. The van der Waals surface area contributed by atoms with Crippen molar-refractivity contribution in [1.82, 2.24) is 14.6 Å². The first kappa shape index (κ1) is 28.5. The van der Waals surface area contributed by atoms with Crippen LogP contribution in [0.3, 0.4) is 0 Å². The Balaban J connectivity index is 1.52. The van der Waals surface area contributed by atoms with Crippen molar-refractivity contribution in [3.8, 4) is 5.75 Å². The minimum Gasteiger partial charge on any atom is -0.508 e. The number of carbonyl (C=O) groups is 1. The van der Waals surface area contributed by atoms with Gasteiger partial charge in [0.2, 0.25) is 10.0 Å². The van der Waals surface area contributed by atoms with Gasteiger partial charge >= 0.3 is 6.09 Å². The average Bonchev–Trinajstić information content (AvgIpc) is 3.46. The first-order chi connectivity index (χ1) is 18.8. The molecule has 0 aliphatic heterocycles. The number of hydrogen-bond acceptors (Lipinski definition) is 7. The average molecular weight is 554 g/mol. The molecule has 0 radical (unpaired) electrons. The number of nitrogens with one attached hydrogen (secondary N) is 1. The number of nitrogens with zero attached hydrogens (tertiary/aromatic N) is 2. The van der Waals surface area contributed by atoms with Gasteiger partial charge in [-0.3, -0.25) is 4.98 Å². The number of alkyl carbamates (subject to hydrolysis) is 1. The van der Waals surface area contributed by atoms with E-state index in [-0.39, 0.29) is 42.7 Å². The molecule has 3 aromatic rings. The first-order valence-electron chi connectivity index (χ1n) is 13.1. The fourth-order valence-corrected chi connectivity index (χ4v) is 6.37. The lowest BCUT2D eigenvalue weighted by Crippen LogP contribution is -2.51. The molecular weight excluding hydrogens is 518 g/mol. The summed E-state index contributed by atoms with van der Waals surface area (Å²) in [6.45, 7) is 0.0702. The number of rotatable bonds is 12. The molecule has 1 aromatic heterocycles. The van der Waals surface area contributed by atoms with E-state index in [1.165, 1.54) is 28.6 Å². The van der Waals surface area contributed by atoms with Crippen LogP contribution in [0.15, 0.2) is 84.0 Å². The van der Waals surface area contributed by atoms with E-state index in [0.717, 1.165) is 36.8 Å². The van der Waals surface area contributed by atoms with Crippen LogP contribution in [0.25, 0.3) is 0 Å². The molecule has 9 nitrogen and oxygen atoms in total. The smallest absolute Gasteiger partial charge is 0.407 e. The third-order valence-electron chi connectivity index (χ3n) is 6.96. The standard InChI is InChI=1S/C29H35N3O6S/c33-25-12-14-26(15-13-25)39(36,37)32(19-23-9-4-5-10-23)20-28(34)27(17-22-7-2-1-3-8-22)31-29(35)38-21-24-11-6-16-30-18-24/h1-3,6-8,11-16,18,23,27-28,33-34H,4-5,9-10,17,19-21H2,(H,31,35)/t27-,28+/m0/s1. The van der Waals surface area contributed by atoms with Gasteiger partial charge in [-0.15, -0.1) is 0 Å². The van der Waals surface area contributed by atoms with Crippen LogP contribution in [0.1, 0.15) is 36.8 Å². The lowest BCUT2D eigenvalue weighted by molar-refractivity contribution is 0.0866. The maximum atomic E-state index is 13.6. The van der Waals surface area contributed by atoms with Crippen molar-refractivity contribution in [2.45, 2.75) is 55.8 Å². The number of sulfonamides is 1. The maximum Gasteiger partial charge on any atom is 0.407 e. The van der Waals surface area contributed by atoms with Gasteiger partial charge in [0.05, 0.1) is 17.0 Å². The van der Waals surface area contributed by atoms with Crippen molar-refractivity contribution in [2.24, 2.45) is 5.92 Å². The molecular formula is C29H35N3O6S. The summed E-state index contributed by atoms with van der Waals surface area (Å²) in [5, 5.41) is 23.8. The van der Waals surface area contributed by atoms with Gasteiger partial charge in [0, 0.05) is 31.0 Å². The third kappa shape index (κ3) is 8.26. The Labute approximate surface area is 229 Å². The number of phenolic OH excluding ortho intramolecular Hbond substituents is 1. The van der Waals surface area contributed by atoms with E-state index in [9.17, 15) is 23.4 Å².